The number of nitrogen functional groups attached to an aromatic ring is 1. The smallest absolute Gasteiger partial charge is 0.160 e. The van der Waals surface area contributed by atoms with Gasteiger partial charge in [-0.15, -0.1) is 0 Å². The Kier molecular flexibility index (Phi) is 2.45. The first-order valence-electron chi connectivity index (χ1n) is 5.55. The zero-order valence-corrected chi connectivity index (χ0v) is 10.1. The molecule has 2 N–H and O–H groups in total. The second kappa shape index (κ2) is 4.13. The third-order valence-corrected chi connectivity index (χ3v) is 2.91. The van der Waals surface area contributed by atoms with E-state index >= 15 is 0 Å². The third-order valence-electron chi connectivity index (χ3n) is 2.91. The molecule has 3 aromatic rings. The molecule has 3 aromatic heterocycles. The summed E-state index contributed by atoms with van der Waals surface area (Å²) in [6.07, 6.45) is 7.00. The van der Waals surface area contributed by atoms with Crippen molar-refractivity contribution >= 4 is 23.3 Å². The van der Waals surface area contributed by atoms with Crippen molar-refractivity contribution in [3.8, 4) is 11.4 Å². The third kappa shape index (κ3) is 1.63. The topological polar surface area (TPSA) is 99.6 Å². The molecule has 3 heterocycles. The number of anilines is 1. The predicted molar refractivity (Wildman–Crippen MR) is 69.3 cm³/mol. The van der Waals surface area contributed by atoms with Crippen molar-refractivity contribution in [2.24, 2.45) is 7.05 Å². The van der Waals surface area contributed by atoms with Crippen molar-refractivity contribution in [2.75, 3.05) is 5.73 Å². The van der Waals surface area contributed by atoms with Crippen LogP contribution >= 0.6 is 0 Å². The van der Waals surface area contributed by atoms with Crippen molar-refractivity contribution in [1.82, 2.24) is 24.5 Å². The molecular formula is C12H10N6O. The molecule has 94 valence electrons. The van der Waals surface area contributed by atoms with Crippen molar-refractivity contribution < 1.29 is 4.79 Å². The largest absolute Gasteiger partial charge is 0.384 e. The predicted octanol–water partition coefficient (Wildman–Crippen LogP) is 0.820. The van der Waals surface area contributed by atoms with Crippen LogP contribution in [0.4, 0.5) is 5.82 Å². The number of aryl methyl sites for hydroxylation is 1. The van der Waals surface area contributed by atoms with Crippen LogP contribution in [0.25, 0.3) is 22.6 Å². The Morgan fingerprint density at radius 2 is 2.05 bits per heavy atom. The van der Waals surface area contributed by atoms with Crippen LogP contribution in [0.3, 0.4) is 0 Å². The highest BCUT2D eigenvalue weighted by atomic mass is 16.1. The van der Waals surface area contributed by atoms with Crippen molar-refractivity contribution in [2.45, 2.75) is 0 Å². The molecule has 3 rings (SSSR count). The van der Waals surface area contributed by atoms with E-state index in [1.165, 1.54) is 0 Å². The van der Waals surface area contributed by atoms with Gasteiger partial charge in [-0.05, 0) is 0 Å². The Morgan fingerprint density at radius 3 is 2.74 bits per heavy atom. The summed E-state index contributed by atoms with van der Waals surface area (Å²) < 4.78 is 1.63. The van der Waals surface area contributed by atoms with Crippen LogP contribution in [0.1, 0.15) is 10.4 Å². The maximum atomic E-state index is 11.1. The summed E-state index contributed by atoms with van der Waals surface area (Å²) in [6, 6.07) is 0. The van der Waals surface area contributed by atoms with E-state index in [-0.39, 0.29) is 0 Å². The van der Waals surface area contributed by atoms with E-state index in [1.807, 2.05) is 0 Å². The number of nitrogens with zero attached hydrogens (tertiary/aromatic N) is 5. The highest BCUT2D eigenvalue weighted by Gasteiger charge is 2.15. The second-order valence-corrected chi connectivity index (χ2v) is 3.99. The average molecular weight is 254 g/mol. The Morgan fingerprint density at radius 1 is 1.21 bits per heavy atom. The molecule has 0 aliphatic heterocycles. The summed E-state index contributed by atoms with van der Waals surface area (Å²) in [5.41, 5.74) is 8.36. The van der Waals surface area contributed by atoms with E-state index in [9.17, 15) is 4.79 Å². The molecule has 0 amide bonds. The van der Waals surface area contributed by atoms with Gasteiger partial charge < -0.3 is 10.3 Å². The number of carbonyl (C=O) groups is 1. The average Bonchev–Trinajstić information content (AvgIpc) is 2.71. The highest BCUT2D eigenvalue weighted by molar-refractivity contribution is 6.00. The van der Waals surface area contributed by atoms with E-state index in [2.05, 4.69) is 19.9 Å². The van der Waals surface area contributed by atoms with Gasteiger partial charge in [0, 0.05) is 19.4 Å². The molecule has 0 saturated carbocycles. The van der Waals surface area contributed by atoms with Crippen LogP contribution < -0.4 is 5.73 Å². The molecule has 0 atom stereocenters. The maximum Gasteiger partial charge on any atom is 0.160 e. The molecule has 0 aromatic carbocycles. The van der Waals surface area contributed by atoms with Gasteiger partial charge in [-0.3, -0.25) is 14.8 Å². The summed E-state index contributed by atoms with van der Waals surface area (Å²) in [5, 5.41) is 0. The zero-order valence-electron chi connectivity index (χ0n) is 10.1. The summed E-state index contributed by atoms with van der Waals surface area (Å²) in [6.45, 7) is 0. The summed E-state index contributed by atoms with van der Waals surface area (Å²) in [4.78, 5) is 27.9. The van der Waals surface area contributed by atoms with Crippen LogP contribution in [0, 0.1) is 0 Å². The Bertz CT molecular complexity index is 765. The molecule has 0 spiro atoms. The number of carbonyl (C=O) groups excluding carboxylic acids is 1. The van der Waals surface area contributed by atoms with Crippen molar-refractivity contribution in [3.05, 3.63) is 30.4 Å². The standard InChI is InChI=1S/C12H10N6O/c1-18-11(13)7(6-19)10-12(18)16-5-9(17-10)8-4-14-2-3-15-8/h2-6H,13H2,1H3. The van der Waals surface area contributed by atoms with Gasteiger partial charge in [-0.1, -0.05) is 0 Å². The minimum Gasteiger partial charge on any atom is -0.384 e. The monoisotopic (exact) mass is 254 g/mol. The van der Waals surface area contributed by atoms with Gasteiger partial charge in [0.05, 0.1) is 18.0 Å². The summed E-state index contributed by atoms with van der Waals surface area (Å²) >= 11 is 0. The molecule has 7 nitrogen and oxygen atoms in total. The first kappa shape index (κ1) is 11.3. The van der Waals surface area contributed by atoms with Gasteiger partial charge in [-0.2, -0.15) is 0 Å². The van der Waals surface area contributed by atoms with Crippen LogP contribution in [0.15, 0.2) is 24.8 Å². The quantitative estimate of drug-likeness (QED) is 0.679. The van der Waals surface area contributed by atoms with E-state index < -0.39 is 0 Å². The fraction of sp³-hybridized carbons (Fsp3) is 0.0833. The lowest BCUT2D eigenvalue weighted by Gasteiger charge is -1.99. The van der Waals surface area contributed by atoms with Gasteiger partial charge in [0.15, 0.2) is 11.9 Å². The Hall–Kier alpha value is -2.83. The fourth-order valence-electron chi connectivity index (χ4n) is 1.90. The lowest BCUT2D eigenvalue weighted by atomic mass is 10.3. The van der Waals surface area contributed by atoms with Gasteiger partial charge in [0.1, 0.15) is 22.7 Å². The lowest BCUT2D eigenvalue weighted by Crippen LogP contribution is -1.98. The number of hydrogen-bond acceptors (Lipinski definition) is 6. The molecule has 7 heteroatoms. The van der Waals surface area contributed by atoms with Gasteiger partial charge >= 0.3 is 0 Å². The number of nitrogens with two attached hydrogens (primary N) is 1. The first-order valence-corrected chi connectivity index (χ1v) is 5.55. The molecule has 0 unspecified atom stereocenters. The van der Waals surface area contributed by atoms with Gasteiger partial charge in [0.25, 0.3) is 0 Å². The molecule has 0 radical (unpaired) electrons. The number of aldehydes is 1. The van der Waals surface area contributed by atoms with Crippen LogP contribution in [0.2, 0.25) is 0 Å². The van der Waals surface area contributed by atoms with Crippen LogP contribution in [-0.2, 0) is 7.05 Å². The number of hydrogen-bond donors (Lipinski definition) is 1. The summed E-state index contributed by atoms with van der Waals surface area (Å²) in [5.74, 6) is 0.348. The van der Waals surface area contributed by atoms with Crippen molar-refractivity contribution in [1.29, 1.82) is 0 Å². The maximum absolute atomic E-state index is 11.1. The molecule has 0 bridgehead atoms. The van der Waals surface area contributed by atoms with E-state index in [0.717, 1.165) is 0 Å². The normalized spacial score (nSPS) is 10.8. The highest BCUT2D eigenvalue weighted by Crippen LogP contribution is 2.24. The minimum absolute atomic E-state index is 0.343. The minimum atomic E-state index is 0.343. The van der Waals surface area contributed by atoms with Gasteiger partial charge in [0.2, 0.25) is 0 Å². The summed E-state index contributed by atoms with van der Waals surface area (Å²) in [7, 11) is 1.74. The lowest BCUT2D eigenvalue weighted by molar-refractivity contribution is 0.112. The number of aromatic nitrogens is 5. The molecular weight excluding hydrogens is 244 g/mol. The number of fused-ring (bicyclic) bond motifs is 1. The Labute approximate surface area is 108 Å². The molecule has 0 fully saturated rings. The zero-order chi connectivity index (χ0) is 13.4. The van der Waals surface area contributed by atoms with Crippen molar-refractivity contribution in [3.63, 3.8) is 0 Å². The van der Waals surface area contributed by atoms with Crippen LogP contribution in [-0.4, -0.2) is 30.8 Å². The molecule has 0 saturated heterocycles. The fourth-order valence-corrected chi connectivity index (χ4v) is 1.90. The second-order valence-electron chi connectivity index (χ2n) is 3.99. The molecule has 0 aliphatic rings. The van der Waals surface area contributed by atoms with Gasteiger partial charge in [-0.25, -0.2) is 9.97 Å². The first-order chi connectivity index (χ1) is 9.22. The number of rotatable bonds is 2. The molecule has 19 heavy (non-hydrogen) atoms. The van der Waals surface area contributed by atoms with E-state index in [4.69, 9.17) is 5.73 Å². The molecule has 0 aliphatic carbocycles. The Balaban J connectivity index is 2.29. The SMILES string of the molecule is Cn1c(N)c(C=O)c2nc(-c3cnccn3)cnc21. The van der Waals surface area contributed by atoms with Crippen LogP contribution in [0.5, 0.6) is 0 Å². The van der Waals surface area contributed by atoms with E-state index in [0.29, 0.717) is 40.2 Å². The van der Waals surface area contributed by atoms with E-state index in [1.54, 1.807) is 36.4 Å².